The summed E-state index contributed by atoms with van der Waals surface area (Å²) in [5.41, 5.74) is 0. The van der Waals surface area contributed by atoms with E-state index in [1.807, 2.05) is 0 Å². The molecule has 0 saturated carbocycles. The summed E-state index contributed by atoms with van der Waals surface area (Å²) in [6.45, 7) is 0. The summed E-state index contributed by atoms with van der Waals surface area (Å²) >= 11 is -3.80. The van der Waals surface area contributed by atoms with Gasteiger partial charge in [0.15, 0.2) is 0 Å². The van der Waals surface area contributed by atoms with Crippen LogP contribution in [0.3, 0.4) is 0 Å². The minimum atomic E-state index is -2.17. The van der Waals surface area contributed by atoms with Crippen LogP contribution in [0.2, 0.25) is 0 Å². The first-order chi connectivity index (χ1) is 18.9. The number of rotatable bonds is 6. The molecule has 2 radical (unpaired) electrons. The predicted octanol–water partition coefficient (Wildman–Crippen LogP) is 4.41. The molecule has 0 atom stereocenters. The van der Waals surface area contributed by atoms with Crippen molar-refractivity contribution in [3.8, 4) is 0 Å². The fourth-order valence-electron chi connectivity index (χ4n) is 4.63. The molecule has 2 heteroatoms. The Morgan fingerprint density at radius 3 is 0.711 bits per heavy atom. The molecule has 0 spiro atoms. The Bertz CT molecular complexity index is 1170. The van der Waals surface area contributed by atoms with E-state index < -0.39 is 37.1 Å². The summed E-state index contributed by atoms with van der Waals surface area (Å²) in [7, 11) is 0. The first-order valence-corrected chi connectivity index (χ1v) is 21.9. The Hall–Kier alpha value is -3.22. The van der Waals surface area contributed by atoms with E-state index in [1.54, 1.807) is 9.37 Å². The maximum atomic E-state index is 2.29. The molecule has 0 amide bonds. The van der Waals surface area contributed by atoms with Gasteiger partial charge >= 0.3 is 242 Å². The van der Waals surface area contributed by atoms with Crippen LogP contribution < -0.4 is 22.6 Å². The minimum absolute atomic E-state index is 1.50. The molecule has 6 rings (SSSR count). The number of hydrogen-bond acceptors (Lipinski definition) is 0. The molecule has 38 heavy (non-hydrogen) atoms. The van der Waals surface area contributed by atoms with E-state index >= 15 is 0 Å². The van der Waals surface area contributed by atoms with Crippen LogP contribution >= 0.6 is 0 Å². The first-order valence-electron chi connectivity index (χ1n) is 13.0. The van der Waals surface area contributed by atoms with Crippen molar-refractivity contribution >= 4 is 59.6 Å². The summed E-state index contributed by atoms with van der Waals surface area (Å²) in [5, 5.41) is 0. The second kappa shape index (κ2) is 14.1. The Morgan fingerprint density at radius 2 is 0.474 bits per heavy atom. The van der Waals surface area contributed by atoms with Gasteiger partial charge in [0.05, 0.1) is 0 Å². The average molecular weight is 742 g/mol. The van der Waals surface area contributed by atoms with E-state index in [0.29, 0.717) is 0 Å². The van der Waals surface area contributed by atoms with Gasteiger partial charge in [-0.05, 0) is 0 Å². The zero-order valence-corrected chi connectivity index (χ0v) is 27.3. The molecule has 6 aromatic rings. The van der Waals surface area contributed by atoms with Crippen molar-refractivity contribution in [3.05, 3.63) is 182 Å². The third-order valence-corrected chi connectivity index (χ3v) is 22.7. The Labute approximate surface area is 239 Å². The molecule has 0 heterocycles. The first kappa shape index (κ1) is 26.4. The standard InChI is InChI=1S/C18H15Ge.3C6H5.Pb/c1-4-10-16(11-5-1)19(17-12-6-2-7-13-17)18-14-8-3-9-15-18;3*1-2-4-6-5-3-1;/h1-15H;3*1-5H;. The molecular formula is C36H30GePb. The molecule has 0 N–H and O–H groups in total. The van der Waals surface area contributed by atoms with Crippen LogP contribution in [-0.4, -0.2) is 37.1 Å². The van der Waals surface area contributed by atoms with Gasteiger partial charge in [-0.3, -0.25) is 0 Å². The summed E-state index contributed by atoms with van der Waals surface area (Å²) in [6.07, 6.45) is 0. The van der Waals surface area contributed by atoms with Crippen LogP contribution in [0.4, 0.5) is 0 Å². The molecule has 182 valence electrons. The summed E-state index contributed by atoms with van der Waals surface area (Å²) in [4.78, 5) is 0. The van der Waals surface area contributed by atoms with Crippen LogP contribution in [0.1, 0.15) is 0 Å². The van der Waals surface area contributed by atoms with Crippen molar-refractivity contribution in [1.29, 1.82) is 0 Å². The van der Waals surface area contributed by atoms with Crippen LogP contribution in [0.25, 0.3) is 0 Å². The Kier molecular flexibility index (Phi) is 9.78. The SMILES string of the molecule is c1cc[c]([Ge]([c]2ccccc2)[c]2ccccc2)cc1.c1cc[c]([Pb]([c]2ccccc2)[c]2ccccc2)cc1. The number of benzene rings is 6. The Morgan fingerprint density at radius 1 is 0.263 bits per heavy atom. The second-order valence-corrected chi connectivity index (χ2v) is 23.8. The van der Waals surface area contributed by atoms with Gasteiger partial charge in [-0.25, -0.2) is 0 Å². The van der Waals surface area contributed by atoms with E-state index in [1.165, 1.54) is 13.2 Å². The molecule has 0 aliphatic carbocycles. The summed E-state index contributed by atoms with van der Waals surface area (Å²) in [5.74, 6) is 0. The van der Waals surface area contributed by atoms with Crippen LogP contribution in [-0.2, 0) is 0 Å². The third kappa shape index (κ3) is 7.00. The molecule has 0 saturated heterocycles. The fraction of sp³-hybridized carbons (Fsp3) is 0. The third-order valence-electron chi connectivity index (χ3n) is 6.37. The summed E-state index contributed by atoms with van der Waals surface area (Å²) in [6, 6.07) is 65.8. The van der Waals surface area contributed by atoms with Gasteiger partial charge in [0.25, 0.3) is 0 Å². The maximum absolute atomic E-state index is 2.29. The van der Waals surface area contributed by atoms with E-state index in [2.05, 4.69) is 182 Å². The normalized spacial score (nSPS) is 10.6. The molecule has 0 bridgehead atoms. The van der Waals surface area contributed by atoms with Crippen molar-refractivity contribution in [2.45, 2.75) is 0 Å². The quantitative estimate of drug-likeness (QED) is 0.222. The van der Waals surface area contributed by atoms with Gasteiger partial charge in [0.2, 0.25) is 0 Å². The molecule has 0 fully saturated rings. The van der Waals surface area contributed by atoms with Crippen molar-refractivity contribution in [1.82, 2.24) is 0 Å². The van der Waals surface area contributed by atoms with Gasteiger partial charge in [0.1, 0.15) is 0 Å². The van der Waals surface area contributed by atoms with E-state index in [4.69, 9.17) is 0 Å². The molecule has 0 nitrogen and oxygen atoms in total. The van der Waals surface area contributed by atoms with Crippen LogP contribution in [0.15, 0.2) is 182 Å². The van der Waals surface area contributed by atoms with E-state index in [0.717, 1.165) is 0 Å². The number of hydrogen-bond donors (Lipinski definition) is 0. The van der Waals surface area contributed by atoms with Gasteiger partial charge in [-0.1, -0.05) is 0 Å². The van der Waals surface area contributed by atoms with Gasteiger partial charge in [-0.2, -0.15) is 0 Å². The molecule has 6 aromatic carbocycles. The Balaban J connectivity index is 0.000000155. The zero-order valence-electron chi connectivity index (χ0n) is 21.3. The molecule has 0 aromatic heterocycles. The average Bonchev–Trinajstić information content (AvgIpc) is 3.01. The predicted molar refractivity (Wildman–Crippen MR) is 168 cm³/mol. The van der Waals surface area contributed by atoms with Crippen molar-refractivity contribution in [3.63, 3.8) is 0 Å². The van der Waals surface area contributed by atoms with E-state index in [-0.39, 0.29) is 0 Å². The van der Waals surface area contributed by atoms with Crippen molar-refractivity contribution < 1.29 is 0 Å². The van der Waals surface area contributed by atoms with Gasteiger partial charge in [-0.15, -0.1) is 0 Å². The van der Waals surface area contributed by atoms with Crippen molar-refractivity contribution in [2.75, 3.05) is 0 Å². The second-order valence-electron chi connectivity index (χ2n) is 8.95. The summed E-state index contributed by atoms with van der Waals surface area (Å²) < 4.78 is 9.14. The van der Waals surface area contributed by atoms with Crippen LogP contribution in [0, 0.1) is 0 Å². The van der Waals surface area contributed by atoms with Crippen molar-refractivity contribution in [2.24, 2.45) is 0 Å². The van der Waals surface area contributed by atoms with Gasteiger partial charge in [0, 0.05) is 0 Å². The van der Waals surface area contributed by atoms with E-state index in [9.17, 15) is 0 Å². The molecule has 0 aliphatic heterocycles. The fourth-order valence-corrected chi connectivity index (χ4v) is 20.1. The topological polar surface area (TPSA) is 0 Å². The molecule has 0 aliphatic rings. The molecular weight excluding hydrogens is 712 g/mol. The zero-order chi connectivity index (χ0) is 25.8. The van der Waals surface area contributed by atoms with Gasteiger partial charge < -0.3 is 0 Å². The van der Waals surface area contributed by atoms with Crippen LogP contribution in [0.5, 0.6) is 0 Å². The molecule has 0 unspecified atom stereocenters. The monoisotopic (exact) mass is 744 g/mol.